The molecule has 2 unspecified atom stereocenters. The van der Waals surface area contributed by atoms with Crippen molar-refractivity contribution in [2.45, 2.75) is 40.2 Å². The summed E-state index contributed by atoms with van der Waals surface area (Å²) in [5.41, 5.74) is 5.42. The maximum Gasteiger partial charge on any atom is 0.228 e. The molecule has 3 nitrogen and oxygen atoms in total. The summed E-state index contributed by atoms with van der Waals surface area (Å²) in [5.74, 6) is 0.781. The first kappa shape index (κ1) is 11.5. The van der Waals surface area contributed by atoms with Gasteiger partial charge in [0.05, 0.1) is 0 Å². The van der Waals surface area contributed by atoms with E-state index in [-0.39, 0.29) is 17.4 Å². The molecule has 2 N–H and O–H groups in total. The minimum absolute atomic E-state index is 0.234. The fourth-order valence-electron chi connectivity index (χ4n) is 2.05. The molecule has 1 fully saturated rings. The average molecular weight is 198 g/mol. The van der Waals surface area contributed by atoms with Gasteiger partial charge in [0.25, 0.3) is 0 Å². The summed E-state index contributed by atoms with van der Waals surface area (Å²) >= 11 is 0. The largest absolute Gasteiger partial charge is 0.338 e. The topological polar surface area (TPSA) is 46.3 Å². The number of likely N-dealkylation sites (tertiary alicyclic amines) is 1. The molecule has 0 spiro atoms. The van der Waals surface area contributed by atoms with E-state index in [0.29, 0.717) is 12.5 Å². The predicted molar refractivity (Wildman–Crippen MR) is 57.8 cm³/mol. The number of nitrogens with two attached hydrogens (primary N) is 1. The van der Waals surface area contributed by atoms with Crippen LogP contribution in [0.4, 0.5) is 0 Å². The second kappa shape index (κ2) is 3.89. The minimum Gasteiger partial charge on any atom is -0.338 e. The van der Waals surface area contributed by atoms with Crippen LogP contribution in [-0.2, 0) is 4.79 Å². The molecule has 1 heterocycles. The van der Waals surface area contributed by atoms with Crippen molar-refractivity contribution in [3.8, 4) is 0 Å². The number of carbonyl (C=O) groups excluding carboxylic acids is 1. The standard InChI is InChI=1S/C11H22N2O/c1-8-5-6-13(9(8)7-12)10(14)11(2,3)4/h8-9H,5-7,12H2,1-4H3. The quantitative estimate of drug-likeness (QED) is 0.689. The SMILES string of the molecule is CC1CCN(C(=O)C(C)(C)C)C1CN. The number of hydrogen-bond donors (Lipinski definition) is 1. The minimum atomic E-state index is -0.280. The number of amides is 1. The van der Waals surface area contributed by atoms with Gasteiger partial charge >= 0.3 is 0 Å². The molecule has 0 radical (unpaired) electrons. The predicted octanol–water partition coefficient (Wildman–Crippen LogP) is 1.23. The molecule has 0 bridgehead atoms. The summed E-state index contributed by atoms with van der Waals surface area (Å²) in [7, 11) is 0. The van der Waals surface area contributed by atoms with Crippen molar-refractivity contribution in [2.75, 3.05) is 13.1 Å². The van der Waals surface area contributed by atoms with Crippen LogP contribution in [0.3, 0.4) is 0 Å². The maximum absolute atomic E-state index is 12.1. The van der Waals surface area contributed by atoms with E-state index in [4.69, 9.17) is 5.73 Å². The highest BCUT2D eigenvalue weighted by atomic mass is 16.2. The van der Waals surface area contributed by atoms with Crippen molar-refractivity contribution in [1.29, 1.82) is 0 Å². The fraction of sp³-hybridized carbons (Fsp3) is 0.909. The zero-order valence-electron chi connectivity index (χ0n) is 9.71. The third kappa shape index (κ3) is 2.08. The van der Waals surface area contributed by atoms with Gasteiger partial charge in [-0.2, -0.15) is 0 Å². The maximum atomic E-state index is 12.1. The summed E-state index contributed by atoms with van der Waals surface area (Å²) in [5, 5.41) is 0. The molecule has 14 heavy (non-hydrogen) atoms. The highest BCUT2D eigenvalue weighted by Gasteiger charge is 2.37. The Morgan fingerprint density at radius 3 is 2.50 bits per heavy atom. The molecule has 1 aliphatic rings. The Morgan fingerprint density at radius 2 is 2.07 bits per heavy atom. The lowest BCUT2D eigenvalue weighted by Gasteiger charge is -2.31. The molecule has 2 atom stereocenters. The van der Waals surface area contributed by atoms with Crippen LogP contribution in [0.15, 0.2) is 0 Å². The molecule has 1 amide bonds. The summed E-state index contributed by atoms with van der Waals surface area (Å²) in [6.07, 6.45) is 1.09. The molecule has 0 aromatic rings. The van der Waals surface area contributed by atoms with Crippen LogP contribution in [0.25, 0.3) is 0 Å². The molecule has 0 saturated carbocycles. The van der Waals surface area contributed by atoms with Crippen molar-refractivity contribution in [3.05, 3.63) is 0 Å². The normalized spacial score (nSPS) is 28.2. The summed E-state index contributed by atoms with van der Waals surface area (Å²) in [6, 6.07) is 0.252. The molecule has 0 aromatic heterocycles. The molecular weight excluding hydrogens is 176 g/mol. The van der Waals surface area contributed by atoms with Crippen LogP contribution < -0.4 is 5.73 Å². The highest BCUT2D eigenvalue weighted by Crippen LogP contribution is 2.28. The Labute approximate surface area is 86.6 Å². The van der Waals surface area contributed by atoms with Crippen LogP contribution in [0.1, 0.15) is 34.1 Å². The first-order chi connectivity index (χ1) is 6.38. The Hall–Kier alpha value is -0.570. The van der Waals surface area contributed by atoms with Crippen molar-refractivity contribution in [2.24, 2.45) is 17.1 Å². The molecule has 1 saturated heterocycles. The fourth-order valence-corrected chi connectivity index (χ4v) is 2.05. The zero-order chi connectivity index (χ0) is 10.9. The van der Waals surface area contributed by atoms with Gasteiger partial charge in [-0.1, -0.05) is 27.7 Å². The van der Waals surface area contributed by atoms with Crippen molar-refractivity contribution in [3.63, 3.8) is 0 Å². The first-order valence-corrected chi connectivity index (χ1v) is 5.39. The van der Waals surface area contributed by atoms with Crippen LogP contribution >= 0.6 is 0 Å². The van der Waals surface area contributed by atoms with Crippen LogP contribution in [0.5, 0.6) is 0 Å². The van der Waals surface area contributed by atoms with E-state index in [1.807, 2.05) is 25.7 Å². The zero-order valence-corrected chi connectivity index (χ0v) is 9.71. The summed E-state index contributed by atoms with van der Waals surface area (Å²) in [6.45, 7) is 9.53. The number of hydrogen-bond acceptors (Lipinski definition) is 2. The van der Waals surface area contributed by atoms with Crippen LogP contribution in [-0.4, -0.2) is 29.9 Å². The monoisotopic (exact) mass is 198 g/mol. The molecule has 1 rings (SSSR count). The molecular formula is C11H22N2O. The van der Waals surface area contributed by atoms with Gasteiger partial charge in [-0.05, 0) is 12.3 Å². The van der Waals surface area contributed by atoms with Gasteiger partial charge < -0.3 is 10.6 Å². The van der Waals surface area contributed by atoms with E-state index in [1.165, 1.54) is 0 Å². The second-order valence-corrected chi connectivity index (χ2v) is 5.32. The van der Waals surface area contributed by atoms with Gasteiger partial charge in [-0.25, -0.2) is 0 Å². The first-order valence-electron chi connectivity index (χ1n) is 5.39. The number of carbonyl (C=O) groups is 1. The lowest BCUT2D eigenvalue weighted by atomic mass is 9.94. The van der Waals surface area contributed by atoms with Crippen molar-refractivity contribution in [1.82, 2.24) is 4.90 Å². The molecule has 1 aliphatic heterocycles. The highest BCUT2D eigenvalue weighted by molar-refractivity contribution is 5.82. The Morgan fingerprint density at radius 1 is 1.50 bits per heavy atom. The van der Waals surface area contributed by atoms with Crippen LogP contribution in [0, 0.1) is 11.3 Å². The number of nitrogens with zero attached hydrogens (tertiary/aromatic N) is 1. The Kier molecular flexibility index (Phi) is 3.20. The summed E-state index contributed by atoms with van der Waals surface area (Å²) in [4.78, 5) is 14.0. The van der Waals surface area contributed by atoms with Gasteiger partial charge in [0.2, 0.25) is 5.91 Å². The Bertz CT molecular complexity index is 220. The molecule has 82 valence electrons. The summed E-state index contributed by atoms with van der Waals surface area (Å²) < 4.78 is 0. The lowest BCUT2D eigenvalue weighted by molar-refractivity contribution is -0.140. The Balaban J connectivity index is 2.74. The van der Waals surface area contributed by atoms with Crippen molar-refractivity contribution < 1.29 is 4.79 Å². The average Bonchev–Trinajstić information content (AvgIpc) is 2.43. The second-order valence-electron chi connectivity index (χ2n) is 5.32. The molecule has 3 heteroatoms. The third-order valence-corrected chi connectivity index (χ3v) is 3.03. The van der Waals surface area contributed by atoms with Gasteiger partial charge in [0, 0.05) is 24.5 Å². The lowest BCUT2D eigenvalue weighted by Crippen LogP contribution is -2.46. The van der Waals surface area contributed by atoms with E-state index < -0.39 is 0 Å². The van der Waals surface area contributed by atoms with Crippen molar-refractivity contribution >= 4 is 5.91 Å². The van der Waals surface area contributed by atoms with Gasteiger partial charge in [0.1, 0.15) is 0 Å². The van der Waals surface area contributed by atoms with Gasteiger partial charge in [-0.15, -0.1) is 0 Å². The van der Waals surface area contributed by atoms with E-state index in [9.17, 15) is 4.79 Å². The molecule has 0 aromatic carbocycles. The van der Waals surface area contributed by atoms with E-state index in [1.54, 1.807) is 0 Å². The van der Waals surface area contributed by atoms with Gasteiger partial charge in [-0.3, -0.25) is 4.79 Å². The van der Waals surface area contributed by atoms with E-state index in [2.05, 4.69) is 6.92 Å². The number of rotatable bonds is 1. The third-order valence-electron chi connectivity index (χ3n) is 3.03. The van der Waals surface area contributed by atoms with E-state index in [0.717, 1.165) is 13.0 Å². The van der Waals surface area contributed by atoms with E-state index >= 15 is 0 Å². The molecule has 0 aliphatic carbocycles. The van der Waals surface area contributed by atoms with Gasteiger partial charge in [0.15, 0.2) is 0 Å². The van der Waals surface area contributed by atoms with Crippen LogP contribution in [0.2, 0.25) is 0 Å². The smallest absolute Gasteiger partial charge is 0.228 e.